The number of aliphatic hydroxyl groups is 1. The third-order valence-corrected chi connectivity index (χ3v) is 8.80. The first-order valence-corrected chi connectivity index (χ1v) is 12.8. The van der Waals surface area contributed by atoms with Gasteiger partial charge >= 0.3 is 5.97 Å². The number of carboxylic acid groups (broad SMARTS) is 1. The van der Waals surface area contributed by atoms with Crippen LogP contribution in [0.15, 0.2) is 41.9 Å². The molecule has 7 heteroatoms. The molecular weight excluding hydrogens is 444 g/mol. The van der Waals surface area contributed by atoms with Crippen molar-refractivity contribution in [2.75, 3.05) is 6.54 Å². The first kappa shape index (κ1) is 22.0. The van der Waals surface area contributed by atoms with E-state index in [1.807, 2.05) is 30.5 Å². The standard InChI is InChI=1S/C25H29ClN2O3S/c26-19-7-2-8-20-24(19)18(14-27-20)17(22-10-4-12-32-22)13-23(29)28-11-3-6-15-16(25(30)31)5-1-9-21(15)28/h2,4,7-8,10,12,14-17,21,23,27,29H,1,3,5-6,9,11,13H2,(H,30,31). The van der Waals surface area contributed by atoms with E-state index in [1.165, 1.54) is 4.88 Å². The highest BCUT2D eigenvalue weighted by Gasteiger charge is 2.44. The number of likely N-dealkylation sites (tertiary alicyclic amines) is 1. The number of aliphatic hydroxyl groups excluding tert-OH is 1. The fourth-order valence-corrected chi connectivity index (χ4v) is 7.22. The van der Waals surface area contributed by atoms with Crippen molar-refractivity contribution < 1.29 is 15.0 Å². The number of hydrogen-bond acceptors (Lipinski definition) is 4. The largest absolute Gasteiger partial charge is 0.481 e. The van der Waals surface area contributed by atoms with Crippen LogP contribution in [0, 0.1) is 11.8 Å². The molecule has 3 N–H and O–H groups in total. The Labute approximate surface area is 197 Å². The highest BCUT2D eigenvalue weighted by molar-refractivity contribution is 7.10. The normalized spacial score (nSPS) is 26.0. The molecule has 0 spiro atoms. The summed E-state index contributed by atoms with van der Waals surface area (Å²) < 4.78 is 0. The van der Waals surface area contributed by atoms with E-state index >= 15 is 0 Å². The fraction of sp³-hybridized carbons (Fsp3) is 0.480. The second-order valence-corrected chi connectivity index (χ2v) is 10.6. The lowest BCUT2D eigenvalue weighted by atomic mass is 9.71. The second-order valence-electron chi connectivity index (χ2n) is 9.18. The summed E-state index contributed by atoms with van der Waals surface area (Å²) in [5, 5.41) is 25.0. The Morgan fingerprint density at radius 2 is 2.09 bits per heavy atom. The summed E-state index contributed by atoms with van der Waals surface area (Å²) in [5.74, 6) is -0.824. The third kappa shape index (κ3) is 3.98. The molecule has 1 aromatic carbocycles. The van der Waals surface area contributed by atoms with Gasteiger partial charge in [-0.15, -0.1) is 11.3 Å². The van der Waals surface area contributed by atoms with E-state index in [4.69, 9.17) is 11.6 Å². The van der Waals surface area contributed by atoms with Crippen LogP contribution in [-0.2, 0) is 4.79 Å². The predicted octanol–water partition coefficient (Wildman–Crippen LogP) is 5.69. The molecule has 0 amide bonds. The van der Waals surface area contributed by atoms with Gasteiger partial charge in [0.05, 0.1) is 10.9 Å². The number of carboxylic acids is 1. The summed E-state index contributed by atoms with van der Waals surface area (Å²) in [6.45, 7) is 0.820. The molecule has 5 rings (SSSR count). The van der Waals surface area contributed by atoms with Crippen LogP contribution < -0.4 is 0 Å². The zero-order chi connectivity index (χ0) is 22.2. The predicted molar refractivity (Wildman–Crippen MR) is 128 cm³/mol. The van der Waals surface area contributed by atoms with Gasteiger partial charge in [0, 0.05) is 40.5 Å². The summed E-state index contributed by atoms with van der Waals surface area (Å²) in [5.41, 5.74) is 2.10. The number of H-pyrrole nitrogens is 1. The van der Waals surface area contributed by atoms with Crippen molar-refractivity contribution in [3.63, 3.8) is 0 Å². The molecule has 0 bridgehead atoms. The number of hydrogen-bond donors (Lipinski definition) is 3. The van der Waals surface area contributed by atoms with Crippen LogP contribution in [-0.4, -0.2) is 44.9 Å². The van der Waals surface area contributed by atoms with Crippen LogP contribution in [0.25, 0.3) is 10.9 Å². The number of nitrogens with one attached hydrogen (secondary N) is 1. The number of aromatic nitrogens is 1. The Kier molecular flexibility index (Phi) is 6.30. The maximum absolute atomic E-state index is 11.8. The molecule has 2 fully saturated rings. The van der Waals surface area contributed by atoms with E-state index in [2.05, 4.69) is 21.3 Å². The highest BCUT2D eigenvalue weighted by atomic mass is 35.5. The van der Waals surface area contributed by atoms with Crippen LogP contribution in [0.2, 0.25) is 5.02 Å². The van der Waals surface area contributed by atoms with Gasteiger partial charge in [0.1, 0.15) is 6.23 Å². The molecule has 5 unspecified atom stereocenters. The van der Waals surface area contributed by atoms with E-state index in [0.29, 0.717) is 11.4 Å². The average molecular weight is 473 g/mol. The Balaban J connectivity index is 1.45. The first-order chi connectivity index (χ1) is 15.5. The maximum Gasteiger partial charge on any atom is 0.306 e. The zero-order valence-electron chi connectivity index (χ0n) is 17.9. The van der Waals surface area contributed by atoms with Gasteiger partial charge in [-0.2, -0.15) is 0 Å². The second kappa shape index (κ2) is 9.18. The van der Waals surface area contributed by atoms with Gasteiger partial charge in [0.2, 0.25) is 0 Å². The number of benzene rings is 1. The minimum Gasteiger partial charge on any atom is -0.481 e. The van der Waals surface area contributed by atoms with Crippen LogP contribution >= 0.6 is 22.9 Å². The fourth-order valence-electron chi connectivity index (χ4n) is 6.07. The third-order valence-electron chi connectivity index (χ3n) is 7.50. The molecule has 32 heavy (non-hydrogen) atoms. The summed E-state index contributed by atoms with van der Waals surface area (Å²) in [6.07, 6.45) is 6.46. The monoisotopic (exact) mass is 472 g/mol. The van der Waals surface area contributed by atoms with Crippen molar-refractivity contribution in [3.05, 3.63) is 57.4 Å². The van der Waals surface area contributed by atoms with E-state index < -0.39 is 12.2 Å². The SMILES string of the molecule is O=C(O)C1CCCC2C1CCCN2C(O)CC(c1cccs1)c1c[nH]c2cccc(Cl)c12. The Bertz CT molecular complexity index is 1080. The minimum atomic E-state index is -0.680. The smallest absolute Gasteiger partial charge is 0.306 e. The number of piperidine rings is 1. The quantitative estimate of drug-likeness (QED) is 0.430. The van der Waals surface area contributed by atoms with Gasteiger partial charge in [0.15, 0.2) is 0 Å². The lowest BCUT2D eigenvalue weighted by molar-refractivity contribution is -0.151. The minimum absolute atomic E-state index is 0.0119. The topological polar surface area (TPSA) is 76.6 Å². The molecule has 0 radical (unpaired) electrons. The summed E-state index contributed by atoms with van der Waals surface area (Å²) in [6, 6.07) is 10.2. The molecular formula is C25H29ClN2O3S. The number of fused-ring (bicyclic) bond motifs is 2. The van der Waals surface area contributed by atoms with Crippen molar-refractivity contribution >= 4 is 39.8 Å². The summed E-state index contributed by atoms with van der Waals surface area (Å²) in [4.78, 5) is 18.6. The van der Waals surface area contributed by atoms with Crippen molar-refractivity contribution in [1.82, 2.24) is 9.88 Å². The number of aromatic amines is 1. The Hall–Kier alpha value is -1.86. The number of nitrogens with zero attached hydrogens (tertiary/aromatic N) is 1. The number of halogens is 1. The first-order valence-electron chi connectivity index (χ1n) is 11.5. The molecule has 3 aromatic rings. The number of rotatable bonds is 6. The van der Waals surface area contributed by atoms with E-state index in [0.717, 1.165) is 55.1 Å². The lowest BCUT2D eigenvalue weighted by Gasteiger charge is -2.48. The number of carbonyl (C=O) groups is 1. The van der Waals surface area contributed by atoms with Crippen molar-refractivity contribution in [2.45, 2.75) is 56.7 Å². The molecule has 1 saturated carbocycles. The highest BCUT2D eigenvalue weighted by Crippen LogP contribution is 2.43. The molecule has 5 nitrogen and oxygen atoms in total. The molecule has 2 aromatic heterocycles. The van der Waals surface area contributed by atoms with Gasteiger partial charge in [-0.05, 0) is 67.2 Å². The van der Waals surface area contributed by atoms with Gasteiger partial charge in [-0.25, -0.2) is 0 Å². The van der Waals surface area contributed by atoms with E-state index in [-0.39, 0.29) is 23.8 Å². The van der Waals surface area contributed by atoms with Gasteiger partial charge in [-0.1, -0.05) is 30.2 Å². The van der Waals surface area contributed by atoms with Crippen LogP contribution in [0.3, 0.4) is 0 Å². The van der Waals surface area contributed by atoms with Crippen molar-refractivity contribution in [1.29, 1.82) is 0 Å². The van der Waals surface area contributed by atoms with Gasteiger partial charge in [0.25, 0.3) is 0 Å². The van der Waals surface area contributed by atoms with E-state index in [9.17, 15) is 15.0 Å². The Morgan fingerprint density at radius 1 is 1.22 bits per heavy atom. The van der Waals surface area contributed by atoms with Gasteiger partial charge < -0.3 is 15.2 Å². The molecule has 5 atom stereocenters. The molecule has 2 aliphatic rings. The molecule has 3 heterocycles. The van der Waals surface area contributed by atoms with Crippen LogP contribution in [0.4, 0.5) is 0 Å². The number of thiophene rings is 1. The molecule has 170 valence electrons. The summed E-state index contributed by atoms with van der Waals surface area (Å²) >= 11 is 8.28. The average Bonchev–Trinajstić information content (AvgIpc) is 3.47. The molecule has 1 saturated heterocycles. The van der Waals surface area contributed by atoms with Crippen molar-refractivity contribution in [2.24, 2.45) is 11.8 Å². The number of aliphatic carboxylic acids is 1. The van der Waals surface area contributed by atoms with Gasteiger partial charge in [-0.3, -0.25) is 9.69 Å². The van der Waals surface area contributed by atoms with Crippen LogP contribution in [0.5, 0.6) is 0 Å². The van der Waals surface area contributed by atoms with E-state index in [1.54, 1.807) is 11.3 Å². The molecule has 1 aliphatic heterocycles. The van der Waals surface area contributed by atoms with Crippen molar-refractivity contribution in [3.8, 4) is 0 Å². The zero-order valence-corrected chi connectivity index (χ0v) is 19.5. The maximum atomic E-state index is 11.8. The molecule has 1 aliphatic carbocycles. The van der Waals surface area contributed by atoms with Crippen LogP contribution in [0.1, 0.15) is 54.9 Å². The summed E-state index contributed by atoms with van der Waals surface area (Å²) in [7, 11) is 0. The lowest BCUT2D eigenvalue weighted by Crippen LogP contribution is -2.55. The Morgan fingerprint density at radius 3 is 2.88 bits per heavy atom.